The number of alkyl halides is 6. The average molecular weight is 741 g/mol. The van der Waals surface area contributed by atoms with E-state index in [-0.39, 0.29) is 35.3 Å². The van der Waals surface area contributed by atoms with Crippen LogP contribution in [-0.4, -0.2) is 28.9 Å². The maximum absolute atomic E-state index is 13.4. The van der Waals surface area contributed by atoms with Crippen molar-refractivity contribution in [2.24, 2.45) is 0 Å². The number of carboxylic acids is 1. The molecule has 0 aliphatic rings. The fourth-order valence-corrected chi connectivity index (χ4v) is 5.32. The van der Waals surface area contributed by atoms with E-state index in [0.717, 1.165) is 28.8 Å². The van der Waals surface area contributed by atoms with Crippen LogP contribution in [0.3, 0.4) is 0 Å². The molecule has 0 bridgehead atoms. The van der Waals surface area contributed by atoms with Crippen molar-refractivity contribution in [1.82, 2.24) is 5.32 Å². The molecule has 268 valence electrons. The van der Waals surface area contributed by atoms with Gasteiger partial charge in [0.05, 0.1) is 22.4 Å². The summed E-state index contributed by atoms with van der Waals surface area (Å²) in [6, 6.07) is 26.1. The van der Waals surface area contributed by atoms with Crippen LogP contribution in [0.1, 0.15) is 43.0 Å². The van der Waals surface area contributed by atoms with Crippen LogP contribution in [0.5, 0.6) is 5.75 Å². The number of para-hydroxylation sites is 1. The number of rotatable bonds is 11. The molecule has 2 amide bonds. The highest BCUT2D eigenvalue weighted by molar-refractivity contribution is 6.31. The number of halogens is 7. The highest BCUT2D eigenvalue weighted by Crippen LogP contribution is 2.37. The number of amides is 2. The second kappa shape index (κ2) is 15.6. The molecule has 0 aromatic heterocycles. The van der Waals surface area contributed by atoms with Gasteiger partial charge in [-0.05, 0) is 59.2 Å². The maximum Gasteiger partial charge on any atom is 0.416 e. The Morgan fingerprint density at radius 1 is 0.712 bits per heavy atom. The van der Waals surface area contributed by atoms with Crippen molar-refractivity contribution < 1.29 is 50.6 Å². The molecule has 0 aliphatic heterocycles. The number of hydrogen-bond acceptors (Lipinski definition) is 4. The van der Waals surface area contributed by atoms with Crippen molar-refractivity contribution in [1.29, 1.82) is 0 Å². The highest BCUT2D eigenvalue weighted by atomic mass is 35.5. The maximum atomic E-state index is 13.4. The van der Waals surface area contributed by atoms with Crippen LogP contribution in [0.25, 0.3) is 11.1 Å². The molecule has 1 atom stereocenters. The van der Waals surface area contributed by atoms with Gasteiger partial charge in [-0.25, -0.2) is 4.79 Å². The van der Waals surface area contributed by atoms with Crippen LogP contribution in [0.4, 0.5) is 32.0 Å². The second-order valence-electron chi connectivity index (χ2n) is 11.5. The van der Waals surface area contributed by atoms with Crippen molar-refractivity contribution in [2.45, 2.75) is 31.4 Å². The number of hydrogen-bond donors (Lipinski definition) is 3. The molecule has 0 saturated heterocycles. The van der Waals surface area contributed by atoms with Crippen molar-refractivity contribution in [3.63, 3.8) is 0 Å². The van der Waals surface area contributed by atoms with Crippen molar-refractivity contribution in [2.75, 3.05) is 5.32 Å². The molecular weight excluding hydrogens is 714 g/mol. The van der Waals surface area contributed by atoms with Gasteiger partial charge in [-0.3, -0.25) is 9.59 Å². The summed E-state index contributed by atoms with van der Waals surface area (Å²) in [5.74, 6) is -3.21. The summed E-state index contributed by atoms with van der Waals surface area (Å²) < 4.78 is 86.2. The van der Waals surface area contributed by atoms with Gasteiger partial charge in [-0.15, -0.1) is 0 Å². The molecule has 14 heteroatoms. The standard InChI is InChI=1S/C38H27ClF6N2O5/c39-28-14-15-31(46-34(48)25-17-26(37(40,41)42)19-27(18-25)38(43,44)45)30(20-28)35(49)47-32(36(50)51)16-22-10-12-24(13-11-22)29-8-4-5-9-33(29)52-21-23-6-2-1-3-7-23/h1-15,17-20,32H,16,21H2,(H,46,48)(H,47,49)(H,50,51). The van der Waals surface area contributed by atoms with Crippen LogP contribution in [-0.2, 0) is 30.2 Å². The molecule has 0 heterocycles. The largest absolute Gasteiger partial charge is 0.488 e. The minimum Gasteiger partial charge on any atom is -0.488 e. The Morgan fingerprint density at radius 2 is 1.33 bits per heavy atom. The third-order valence-corrected chi connectivity index (χ3v) is 7.99. The van der Waals surface area contributed by atoms with Crippen LogP contribution in [0.2, 0.25) is 5.02 Å². The predicted octanol–water partition coefficient (Wildman–Crippen LogP) is 9.30. The Balaban J connectivity index is 1.32. The van der Waals surface area contributed by atoms with E-state index < -0.39 is 58.4 Å². The van der Waals surface area contributed by atoms with Gasteiger partial charge in [0.25, 0.3) is 11.8 Å². The molecule has 7 nitrogen and oxygen atoms in total. The van der Waals surface area contributed by atoms with E-state index >= 15 is 0 Å². The lowest BCUT2D eigenvalue weighted by Gasteiger charge is -2.18. The Hall–Kier alpha value is -5.82. The van der Waals surface area contributed by atoms with Crippen molar-refractivity contribution >= 4 is 35.1 Å². The minimum absolute atomic E-state index is 0.0305. The number of nitrogens with one attached hydrogen (secondary N) is 2. The molecule has 5 rings (SSSR count). The highest BCUT2D eigenvalue weighted by Gasteiger charge is 2.37. The van der Waals surface area contributed by atoms with Gasteiger partial charge in [0.1, 0.15) is 18.4 Å². The monoisotopic (exact) mass is 740 g/mol. The van der Waals surface area contributed by atoms with Gasteiger partial charge >= 0.3 is 18.3 Å². The number of benzene rings is 5. The lowest BCUT2D eigenvalue weighted by Crippen LogP contribution is -2.42. The molecule has 1 unspecified atom stereocenters. The second-order valence-corrected chi connectivity index (χ2v) is 11.9. The summed E-state index contributed by atoms with van der Waals surface area (Å²) >= 11 is 6.04. The van der Waals surface area contributed by atoms with Gasteiger partial charge in [0.2, 0.25) is 0 Å². The third kappa shape index (κ3) is 9.49. The SMILES string of the molecule is O=C(Nc1ccc(Cl)cc1C(=O)NC(Cc1ccc(-c2ccccc2OCc2ccccc2)cc1)C(=O)O)c1cc(C(F)(F)F)cc(C(F)(F)F)c1. The van der Waals surface area contributed by atoms with E-state index in [9.17, 15) is 45.8 Å². The van der Waals surface area contributed by atoms with Crippen LogP contribution in [0.15, 0.2) is 115 Å². The smallest absolute Gasteiger partial charge is 0.416 e. The predicted molar refractivity (Wildman–Crippen MR) is 181 cm³/mol. The molecule has 0 saturated carbocycles. The van der Waals surface area contributed by atoms with Crippen LogP contribution < -0.4 is 15.4 Å². The summed E-state index contributed by atoms with van der Waals surface area (Å²) in [4.78, 5) is 38.5. The molecule has 3 N–H and O–H groups in total. The van der Waals surface area contributed by atoms with Gasteiger partial charge in [-0.1, -0.05) is 84.4 Å². The van der Waals surface area contributed by atoms with E-state index in [4.69, 9.17) is 16.3 Å². The molecular formula is C38H27ClF6N2O5. The van der Waals surface area contributed by atoms with E-state index in [0.29, 0.717) is 17.9 Å². The fraction of sp³-hybridized carbons (Fsp3) is 0.132. The first-order chi connectivity index (χ1) is 24.6. The first kappa shape index (κ1) is 37.4. The van der Waals surface area contributed by atoms with Gasteiger partial charge < -0.3 is 20.5 Å². The zero-order valence-corrected chi connectivity index (χ0v) is 27.4. The molecule has 5 aromatic rings. The Morgan fingerprint density at radius 3 is 1.94 bits per heavy atom. The Bertz CT molecular complexity index is 2060. The normalized spacial score (nSPS) is 12.1. The topological polar surface area (TPSA) is 105 Å². The third-order valence-electron chi connectivity index (χ3n) is 7.76. The molecule has 0 spiro atoms. The average Bonchev–Trinajstić information content (AvgIpc) is 3.11. The van der Waals surface area contributed by atoms with E-state index in [1.165, 1.54) is 6.07 Å². The van der Waals surface area contributed by atoms with Crippen molar-refractivity contribution in [3.05, 3.63) is 154 Å². The Labute approximate surface area is 297 Å². The first-order valence-corrected chi connectivity index (χ1v) is 15.8. The van der Waals surface area contributed by atoms with Gasteiger partial charge in [-0.2, -0.15) is 26.3 Å². The molecule has 5 aromatic carbocycles. The minimum atomic E-state index is -5.20. The molecule has 0 radical (unpaired) electrons. The van der Waals surface area contributed by atoms with E-state index in [2.05, 4.69) is 10.6 Å². The number of aliphatic carboxylic acids is 1. The first-order valence-electron chi connectivity index (χ1n) is 15.4. The summed E-state index contributed by atoms with van der Waals surface area (Å²) in [5, 5.41) is 14.4. The zero-order valence-electron chi connectivity index (χ0n) is 26.7. The lowest BCUT2D eigenvalue weighted by molar-refractivity contribution is -0.143. The van der Waals surface area contributed by atoms with Crippen molar-refractivity contribution in [3.8, 4) is 16.9 Å². The molecule has 52 heavy (non-hydrogen) atoms. The summed E-state index contributed by atoms with van der Waals surface area (Å²) in [6.07, 6.45) is -10.6. The number of carbonyl (C=O) groups excluding carboxylic acids is 2. The van der Waals surface area contributed by atoms with E-state index in [1.54, 1.807) is 24.3 Å². The number of carboxylic acid groups (broad SMARTS) is 1. The quantitative estimate of drug-likeness (QED) is 0.117. The molecule has 0 aliphatic carbocycles. The molecule has 0 fully saturated rings. The number of ether oxygens (including phenoxy) is 1. The number of anilines is 1. The van der Waals surface area contributed by atoms with E-state index in [1.807, 2.05) is 54.6 Å². The van der Waals surface area contributed by atoms with Gasteiger partial charge in [0, 0.05) is 22.6 Å². The van der Waals surface area contributed by atoms with Gasteiger partial charge in [0.15, 0.2) is 0 Å². The summed E-state index contributed by atoms with van der Waals surface area (Å²) in [7, 11) is 0. The van der Waals surface area contributed by atoms with Crippen LogP contribution >= 0.6 is 11.6 Å². The lowest BCUT2D eigenvalue weighted by atomic mass is 9.99. The van der Waals surface area contributed by atoms with Crippen LogP contribution in [0, 0.1) is 0 Å². The fourth-order valence-electron chi connectivity index (χ4n) is 5.15. The Kier molecular flexibility index (Phi) is 11.2. The zero-order chi connectivity index (χ0) is 37.6. The summed E-state index contributed by atoms with van der Waals surface area (Å²) in [6.45, 7) is 0.345. The number of carbonyl (C=O) groups is 3. The summed E-state index contributed by atoms with van der Waals surface area (Å²) in [5.41, 5.74) is -2.05.